The van der Waals surface area contributed by atoms with Gasteiger partial charge in [-0.25, -0.2) is 19.3 Å². The lowest BCUT2D eigenvalue weighted by Crippen LogP contribution is -2.78. The molecule has 0 unspecified atom stereocenters. The topological polar surface area (TPSA) is 134 Å². The van der Waals surface area contributed by atoms with E-state index in [4.69, 9.17) is 0 Å². The summed E-state index contributed by atoms with van der Waals surface area (Å²) in [4.78, 5) is 47.3. The van der Waals surface area contributed by atoms with Crippen molar-refractivity contribution in [3.63, 3.8) is 0 Å². The number of halogens is 3. The molecular weight excluding hydrogens is 505 g/mol. The predicted octanol–water partition coefficient (Wildman–Crippen LogP) is 3.14. The van der Waals surface area contributed by atoms with E-state index in [9.17, 15) is 27.6 Å². The van der Waals surface area contributed by atoms with Gasteiger partial charge in [0.05, 0.1) is 17.3 Å². The van der Waals surface area contributed by atoms with Gasteiger partial charge in [0.25, 0.3) is 5.91 Å². The van der Waals surface area contributed by atoms with Crippen molar-refractivity contribution >= 4 is 29.2 Å². The van der Waals surface area contributed by atoms with Crippen LogP contribution in [0.3, 0.4) is 0 Å². The van der Waals surface area contributed by atoms with Crippen LogP contribution < -0.4 is 16.2 Å². The minimum absolute atomic E-state index is 0.151. The van der Waals surface area contributed by atoms with Gasteiger partial charge in [-0.2, -0.15) is 13.2 Å². The first-order valence-corrected chi connectivity index (χ1v) is 12.1. The molecule has 1 saturated heterocycles. The Morgan fingerprint density at radius 2 is 1.95 bits per heavy atom. The number of anilines is 1. The molecule has 1 aliphatic heterocycles. The molecule has 3 aromatic rings. The van der Waals surface area contributed by atoms with Crippen molar-refractivity contribution in [3.8, 4) is 11.4 Å². The fraction of sp³-hybridized carbons (Fsp3) is 0.417. The second-order valence-electron chi connectivity index (χ2n) is 9.66. The number of urea groups is 1. The monoisotopic (exact) mass is 530 g/mol. The number of hydrogen-bond acceptors (Lipinski definition) is 6. The molecule has 2 fully saturated rings. The van der Waals surface area contributed by atoms with E-state index in [1.165, 1.54) is 15.6 Å². The molecule has 2 aliphatic rings. The number of nitrogens with one attached hydrogen (secondary N) is 3. The van der Waals surface area contributed by atoms with E-state index in [2.05, 4.69) is 31.2 Å². The number of aromatic nitrogens is 4. The summed E-state index contributed by atoms with van der Waals surface area (Å²) in [7, 11) is 0. The first-order chi connectivity index (χ1) is 18.0. The van der Waals surface area contributed by atoms with Crippen LogP contribution in [0.5, 0.6) is 0 Å². The van der Waals surface area contributed by atoms with Crippen LogP contribution in [-0.2, 0) is 15.8 Å². The van der Waals surface area contributed by atoms with E-state index in [0.717, 1.165) is 6.07 Å². The van der Waals surface area contributed by atoms with Crippen LogP contribution >= 0.6 is 0 Å². The summed E-state index contributed by atoms with van der Waals surface area (Å²) in [5.74, 6) is -1.10. The van der Waals surface area contributed by atoms with E-state index in [1.807, 2.05) is 6.92 Å². The van der Waals surface area contributed by atoms with Gasteiger partial charge < -0.3 is 4.90 Å². The highest BCUT2D eigenvalue weighted by Crippen LogP contribution is 2.50. The van der Waals surface area contributed by atoms with E-state index in [0.29, 0.717) is 31.0 Å². The fourth-order valence-corrected chi connectivity index (χ4v) is 5.36. The summed E-state index contributed by atoms with van der Waals surface area (Å²) in [5, 5.41) is 6.70. The Kier molecular flexibility index (Phi) is 6.19. The smallest absolute Gasteiger partial charge is 0.307 e. The van der Waals surface area contributed by atoms with Gasteiger partial charge in [0.2, 0.25) is 5.91 Å². The maximum absolute atomic E-state index is 13.8. The minimum atomic E-state index is -4.74. The van der Waals surface area contributed by atoms with Gasteiger partial charge in [0.15, 0.2) is 5.82 Å². The minimum Gasteiger partial charge on any atom is -0.307 e. The predicted molar refractivity (Wildman–Crippen MR) is 128 cm³/mol. The van der Waals surface area contributed by atoms with Crippen molar-refractivity contribution in [2.45, 2.75) is 57.3 Å². The van der Waals surface area contributed by atoms with Gasteiger partial charge >= 0.3 is 12.2 Å². The van der Waals surface area contributed by atoms with E-state index in [1.54, 1.807) is 25.3 Å². The molecule has 3 N–H and O–H groups in total. The van der Waals surface area contributed by atoms with Gasteiger partial charge in [0, 0.05) is 36.8 Å². The summed E-state index contributed by atoms with van der Waals surface area (Å²) in [5.41, 5.74) is 2.72. The van der Waals surface area contributed by atoms with Crippen LogP contribution in [0.4, 0.5) is 23.8 Å². The first-order valence-electron chi connectivity index (χ1n) is 12.1. The number of nitrogens with zero attached hydrogens (tertiary/aromatic N) is 5. The molecule has 0 spiro atoms. The second kappa shape index (κ2) is 9.26. The highest BCUT2D eigenvalue weighted by atomic mass is 19.4. The van der Waals surface area contributed by atoms with Gasteiger partial charge in [-0.3, -0.25) is 25.8 Å². The number of hydrazine groups is 1. The molecule has 1 saturated carbocycles. The van der Waals surface area contributed by atoms with E-state index >= 15 is 0 Å². The Labute approximate surface area is 214 Å². The Balaban J connectivity index is 1.43. The number of carbonyl (C=O) groups excluding carboxylic acids is 3. The average Bonchev–Trinajstić information content (AvgIpc) is 3.33. The van der Waals surface area contributed by atoms with Gasteiger partial charge in [-0.15, -0.1) is 5.10 Å². The highest BCUT2D eigenvalue weighted by molar-refractivity contribution is 5.98. The second-order valence-corrected chi connectivity index (χ2v) is 9.66. The molecule has 11 nitrogen and oxygen atoms in total. The third kappa shape index (κ3) is 4.39. The standard InChI is InChI=1S/C24H25F3N8O3/c1-3-19(36)31-32-21(37)23-9-13(2)7-15(10-23)35(23)22(38)30-18-8-16(17(12-28-18)24(25,26)27)20-29-11-14-5-4-6-34(14)33-20/h4-6,8,11-13,15H,3,7,9-10H2,1-2H3,(H,31,36)(H,32,37)(H,28,30,38)/t13-,15-,23+/m1/s1. The quantitative estimate of drug-likeness (QED) is 0.444. The number of rotatable bonds is 4. The zero-order valence-corrected chi connectivity index (χ0v) is 20.5. The van der Waals surface area contributed by atoms with E-state index < -0.39 is 29.2 Å². The van der Waals surface area contributed by atoms with Crippen molar-refractivity contribution in [2.24, 2.45) is 5.92 Å². The Hall–Kier alpha value is -4.23. The number of piperidine rings is 1. The Bertz CT molecular complexity index is 1420. The molecule has 0 radical (unpaired) electrons. The number of hydrogen-bond donors (Lipinski definition) is 3. The molecule has 200 valence electrons. The van der Waals surface area contributed by atoms with Crippen LogP contribution in [0.2, 0.25) is 0 Å². The summed E-state index contributed by atoms with van der Waals surface area (Å²) in [6.45, 7) is 3.61. The van der Waals surface area contributed by atoms with Crippen LogP contribution in [0.15, 0.2) is 36.8 Å². The number of fused-ring (bicyclic) bond motifs is 3. The third-order valence-corrected chi connectivity index (χ3v) is 7.00. The molecule has 4 heterocycles. The molecule has 1 aliphatic carbocycles. The van der Waals surface area contributed by atoms with Crippen molar-refractivity contribution in [3.05, 3.63) is 42.4 Å². The third-order valence-electron chi connectivity index (χ3n) is 7.00. The molecule has 3 aromatic heterocycles. The number of likely N-dealkylation sites (tertiary alicyclic amines) is 1. The van der Waals surface area contributed by atoms with Gasteiger partial charge in [0.1, 0.15) is 11.4 Å². The first kappa shape index (κ1) is 25.4. The molecule has 0 aromatic carbocycles. The number of alkyl halides is 3. The van der Waals surface area contributed by atoms with Crippen molar-refractivity contribution in [1.82, 2.24) is 35.3 Å². The lowest BCUT2D eigenvalue weighted by Gasteiger charge is -2.61. The summed E-state index contributed by atoms with van der Waals surface area (Å²) < 4.78 is 42.8. The van der Waals surface area contributed by atoms with Crippen LogP contribution in [0.1, 0.15) is 45.1 Å². The van der Waals surface area contributed by atoms with Crippen LogP contribution in [-0.4, -0.2) is 53.9 Å². The Morgan fingerprint density at radius 1 is 1.16 bits per heavy atom. The normalized spacial score (nSPS) is 22.5. The molecule has 3 atom stereocenters. The van der Waals surface area contributed by atoms with Crippen molar-refractivity contribution in [1.29, 1.82) is 0 Å². The SMILES string of the molecule is CCC(=O)NNC(=O)[C@]12C[C@H](C)C[C@H](C1)N2C(=O)Nc1cc(-c2ncc3cccn3n2)c(C(F)(F)F)cn1. The fourth-order valence-electron chi connectivity index (χ4n) is 5.36. The zero-order chi connectivity index (χ0) is 27.2. The summed E-state index contributed by atoms with van der Waals surface area (Å²) >= 11 is 0. The van der Waals surface area contributed by atoms with Crippen molar-refractivity contribution < 1.29 is 27.6 Å². The van der Waals surface area contributed by atoms with Gasteiger partial charge in [-0.05, 0) is 37.0 Å². The molecule has 5 rings (SSSR count). The van der Waals surface area contributed by atoms with E-state index in [-0.39, 0.29) is 41.5 Å². The largest absolute Gasteiger partial charge is 0.418 e. The number of carbonyl (C=O) groups is 3. The zero-order valence-electron chi connectivity index (χ0n) is 20.5. The molecule has 2 bridgehead atoms. The summed E-state index contributed by atoms with van der Waals surface area (Å²) in [6.07, 6.45) is 0.471. The molecular formula is C24H25F3N8O3. The molecule has 4 amide bonds. The molecule has 14 heteroatoms. The maximum Gasteiger partial charge on any atom is 0.418 e. The maximum atomic E-state index is 13.8. The van der Waals surface area contributed by atoms with Crippen LogP contribution in [0, 0.1) is 5.92 Å². The Morgan fingerprint density at radius 3 is 2.68 bits per heavy atom. The highest BCUT2D eigenvalue weighted by Gasteiger charge is 2.62. The number of pyridine rings is 1. The number of amides is 4. The lowest BCUT2D eigenvalue weighted by molar-refractivity contribution is -0.157. The van der Waals surface area contributed by atoms with Crippen LogP contribution in [0.25, 0.3) is 16.9 Å². The lowest BCUT2D eigenvalue weighted by atomic mass is 9.64. The van der Waals surface area contributed by atoms with Gasteiger partial charge in [-0.1, -0.05) is 13.8 Å². The van der Waals surface area contributed by atoms with Crippen molar-refractivity contribution in [2.75, 3.05) is 5.32 Å². The average molecular weight is 531 g/mol. The molecule has 38 heavy (non-hydrogen) atoms. The summed E-state index contributed by atoms with van der Waals surface area (Å²) in [6, 6.07) is 3.54.